The number of hydrogen-bond donors (Lipinski definition) is 1. The van der Waals surface area contributed by atoms with Gasteiger partial charge in [0.1, 0.15) is 0 Å². The van der Waals surface area contributed by atoms with Crippen LogP contribution in [-0.2, 0) is 4.79 Å². The normalized spacial score (nSPS) is 36.5. The van der Waals surface area contributed by atoms with Crippen LogP contribution in [0, 0.1) is 17.8 Å². The van der Waals surface area contributed by atoms with Gasteiger partial charge in [-0.3, -0.25) is 4.79 Å². The first kappa shape index (κ1) is 10.0. The van der Waals surface area contributed by atoms with Crippen molar-refractivity contribution >= 4 is 5.91 Å². The van der Waals surface area contributed by atoms with Crippen molar-refractivity contribution in [2.45, 2.75) is 44.9 Å². The van der Waals surface area contributed by atoms with Gasteiger partial charge in [-0.2, -0.15) is 0 Å². The number of carbonyl (C=O) groups excluding carboxylic acids is 1. The van der Waals surface area contributed by atoms with Gasteiger partial charge in [-0.25, -0.2) is 0 Å². The summed E-state index contributed by atoms with van der Waals surface area (Å²) in [7, 11) is 1.74. The minimum atomic E-state index is 0.230. The quantitative estimate of drug-likeness (QED) is 0.720. The lowest BCUT2D eigenvalue weighted by molar-refractivity contribution is -0.121. The zero-order valence-corrected chi connectivity index (χ0v) is 9.09. The molecule has 14 heavy (non-hydrogen) atoms. The highest BCUT2D eigenvalue weighted by Gasteiger charge is 2.35. The number of fused-ring (bicyclic) bond motifs is 1. The Morgan fingerprint density at radius 2 is 1.79 bits per heavy atom. The molecule has 2 nitrogen and oxygen atoms in total. The summed E-state index contributed by atoms with van der Waals surface area (Å²) in [6.07, 6.45) is 9.10. The van der Waals surface area contributed by atoms with Gasteiger partial charge in [0.25, 0.3) is 0 Å². The molecule has 0 radical (unpaired) electrons. The molecule has 80 valence electrons. The molecule has 2 unspecified atom stereocenters. The SMILES string of the molecule is CNC(=O)CC1CC2CCCCC2C1. The third kappa shape index (κ3) is 2.10. The van der Waals surface area contributed by atoms with Crippen molar-refractivity contribution in [2.75, 3.05) is 7.05 Å². The molecule has 2 aliphatic rings. The molecule has 2 rings (SSSR count). The second-order valence-electron chi connectivity index (χ2n) is 5.02. The molecule has 0 aromatic carbocycles. The van der Waals surface area contributed by atoms with Crippen molar-refractivity contribution in [3.63, 3.8) is 0 Å². The highest BCUT2D eigenvalue weighted by Crippen LogP contribution is 2.45. The standard InChI is InChI=1S/C12H21NO/c1-13-12(14)8-9-6-10-4-2-3-5-11(10)7-9/h9-11H,2-8H2,1H3,(H,13,14). The molecule has 2 saturated carbocycles. The third-order valence-electron chi connectivity index (χ3n) is 4.09. The van der Waals surface area contributed by atoms with E-state index >= 15 is 0 Å². The van der Waals surface area contributed by atoms with E-state index in [4.69, 9.17) is 0 Å². The van der Waals surface area contributed by atoms with E-state index in [0.717, 1.165) is 18.3 Å². The first-order valence-electron chi connectivity index (χ1n) is 6.00. The van der Waals surface area contributed by atoms with Gasteiger partial charge in [-0.15, -0.1) is 0 Å². The fourth-order valence-electron chi connectivity index (χ4n) is 3.39. The lowest BCUT2D eigenvalue weighted by Gasteiger charge is -2.24. The third-order valence-corrected chi connectivity index (χ3v) is 4.09. The number of nitrogens with one attached hydrogen (secondary N) is 1. The molecule has 2 fully saturated rings. The van der Waals surface area contributed by atoms with E-state index in [1.165, 1.54) is 38.5 Å². The highest BCUT2D eigenvalue weighted by molar-refractivity contribution is 5.75. The minimum Gasteiger partial charge on any atom is -0.359 e. The predicted molar refractivity (Wildman–Crippen MR) is 56.9 cm³/mol. The van der Waals surface area contributed by atoms with Crippen LogP contribution in [0.4, 0.5) is 0 Å². The molecule has 0 aromatic heterocycles. The first-order chi connectivity index (χ1) is 6.79. The summed E-state index contributed by atoms with van der Waals surface area (Å²) in [5, 5.41) is 2.73. The van der Waals surface area contributed by atoms with Crippen LogP contribution in [0.25, 0.3) is 0 Å². The fourth-order valence-corrected chi connectivity index (χ4v) is 3.39. The second-order valence-corrected chi connectivity index (χ2v) is 5.02. The van der Waals surface area contributed by atoms with Crippen molar-refractivity contribution in [2.24, 2.45) is 17.8 Å². The van der Waals surface area contributed by atoms with Crippen LogP contribution in [0.3, 0.4) is 0 Å². The van der Waals surface area contributed by atoms with E-state index in [2.05, 4.69) is 5.32 Å². The Morgan fingerprint density at radius 3 is 2.29 bits per heavy atom. The molecular formula is C12H21NO. The molecule has 0 bridgehead atoms. The predicted octanol–water partition coefficient (Wildman–Crippen LogP) is 2.34. The average molecular weight is 195 g/mol. The Labute approximate surface area is 86.5 Å². The molecule has 1 N–H and O–H groups in total. The average Bonchev–Trinajstić information content (AvgIpc) is 2.59. The molecule has 0 saturated heterocycles. The summed E-state index contributed by atoms with van der Waals surface area (Å²) in [5.41, 5.74) is 0. The first-order valence-corrected chi connectivity index (χ1v) is 6.00. The van der Waals surface area contributed by atoms with Crippen LogP contribution in [0.15, 0.2) is 0 Å². The lowest BCUT2D eigenvalue weighted by Crippen LogP contribution is -2.20. The molecule has 0 aromatic rings. The van der Waals surface area contributed by atoms with Crippen LogP contribution in [0.5, 0.6) is 0 Å². The number of amides is 1. The lowest BCUT2D eigenvalue weighted by atomic mass is 9.82. The van der Waals surface area contributed by atoms with Gasteiger partial charge in [0.2, 0.25) is 5.91 Å². The van der Waals surface area contributed by atoms with Crippen LogP contribution in [0.2, 0.25) is 0 Å². The van der Waals surface area contributed by atoms with Crippen molar-refractivity contribution < 1.29 is 4.79 Å². The van der Waals surface area contributed by atoms with Crippen LogP contribution in [0.1, 0.15) is 44.9 Å². The molecule has 2 atom stereocenters. The highest BCUT2D eigenvalue weighted by atomic mass is 16.1. The summed E-state index contributed by atoms with van der Waals surface area (Å²) in [5.74, 6) is 2.83. The number of rotatable bonds is 2. The summed E-state index contributed by atoms with van der Waals surface area (Å²) in [6, 6.07) is 0. The maximum atomic E-state index is 11.3. The summed E-state index contributed by atoms with van der Waals surface area (Å²) in [4.78, 5) is 11.3. The van der Waals surface area contributed by atoms with Gasteiger partial charge >= 0.3 is 0 Å². The summed E-state index contributed by atoms with van der Waals surface area (Å²) < 4.78 is 0. The molecule has 2 aliphatic carbocycles. The van der Waals surface area contributed by atoms with Crippen molar-refractivity contribution in [1.82, 2.24) is 5.32 Å². The van der Waals surface area contributed by atoms with Crippen LogP contribution in [-0.4, -0.2) is 13.0 Å². The zero-order chi connectivity index (χ0) is 9.97. The van der Waals surface area contributed by atoms with Gasteiger partial charge in [-0.1, -0.05) is 25.7 Å². The van der Waals surface area contributed by atoms with E-state index in [-0.39, 0.29) is 5.91 Å². The van der Waals surface area contributed by atoms with Gasteiger partial charge in [0, 0.05) is 13.5 Å². The number of hydrogen-bond acceptors (Lipinski definition) is 1. The summed E-state index contributed by atoms with van der Waals surface area (Å²) >= 11 is 0. The Balaban J connectivity index is 1.83. The van der Waals surface area contributed by atoms with Gasteiger partial charge < -0.3 is 5.32 Å². The van der Waals surface area contributed by atoms with E-state index in [9.17, 15) is 4.79 Å². The van der Waals surface area contributed by atoms with Crippen LogP contribution >= 0.6 is 0 Å². The van der Waals surface area contributed by atoms with Crippen molar-refractivity contribution in [3.05, 3.63) is 0 Å². The van der Waals surface area contributed by atoms with E-state index < -0.39 is 0 Å². The fraction of sp³-hybridized carbons (Fsp3) is 0.917. The second kappa shape index (κ2) is 4.33. The Morgan fingerprint density at radius 1 is 1.21 bits per heavy atom. The van der Waals surface area contributed by atoms with Crippen LogP contribution < -0.4 is 5.32 Å². The number of carbonyl (C=O) groups is 1. The van der Waals surface area contributed by atoms with Crippen molar-refractivity contribution in [1.29, 1.82) is 0 Å². The molecular weight excluding hydrogens is 174 g/mol. The maximum Gasteiger partial charge on any atom is 0.220 e. The van der Waals surface area contributed by atoms with Gasteiger partial charge in [-0.05, 0) is 30.6 Å². The largest absolute Gasteiger partial charge is 0.359 e. The Hall–Kier alpha value is -0.530. The van der Waals surface area contributed by atoms with Gasteiger partial charge in [0.05, 0.1) is 0 Å². The maximum absolute atomic E-state index is 11.3. The Bertz CT molecular complexity index is 200. The smallest absolute Gasteiger partial charge is 0.220 e. The molecule has 2 heteroatoms. The van der Waals surface area contributed by atoms with E-state index in [1.54, 1.807) is 7.05 Å². The van der Waals surface area contributed by atoms with Crippen molar-refractivity contribution in [3.8, 4) is 0 Å². The van der Waals surface area contributed by atoms with E-state index in [1.807, 2.05) is 0 Å². The zero-order valence-electron chi connectivity index (χ0n) is 9.09. The summed E-state index contributed by atoms with van der Waals surface area (Å²) in [6.45, 7) is 0. The minimum absolute atomic E-state index is 0.230. The van der Waals surface area contributed by atoms with E-state index in [0.29, 0.717) is 5.92 Å². The van der Waals surface area contributed by atoms with Gasteiger partial charge in [0.15, 0.2) is 0 Å². The molecule has 1 amide bonds. The Kier molecular flexibility index (Phi) is 3.09. The monoisotopic (exact) mass is 195 g/mol. The molecule has 0 spiro atoms. The molecule has 0 heterocycles. The topological polar surface area (TPSA) is 29.1 Å². The molecule has 0 aliphatic heterocycles.